The molecule has 1 aliphatic rings. The fourth-order valence-electron chi connectivity index (χ4n) is 2.98. The molecule has 2 aromatic rings. The van der Waals surface area contributed by atoms with Crippen LogP contribution in [-0.2, 0) is 4.74 Å². The van der Waals surface area contributed by atoms with Gasteiger partial charge in [-0.05, 0) is 44.9 Å². The summed E-state index contributed by atoms with van der Waals surface area (Å²) >= 11 is 0. The molecule has 0 amide bonds. The zero-order valence-electron chi connectivity index (χ0n) is 11.6. The molecule has 2 unspecified atom stereocenters. The van der Waals surface area contributed by atoms with E-state index in [9.17, 15) is 9.90 Å². The molecule has 0 spiro atoms. The number of hydrogen-bond acceptors (Lipinski definition) is 4. The Labute approximate surface area is 116 Å². The van der Waals surface area contributed by atoms with Gasteiger partial charge in [-0.25, -0.2) is 4.68 Å². The molecule has 20 heavy (non-hydrogen) atoms. The van der Waals surface area contributed by atoms with Gasteiger partial charge in [0.25, 0.3) is 5.56 Å². The van der Waals surface area contributed by atoms with Crippen LogP contribution < -0.4 is 5.56 Å². The number of aromatic hydroxyl groups is 1. The molecule has 5 nitrogen and oxygen atoms in total. The van der Waals surface area contributed by atoms with E-state index in [0.717, 1.165) is 12.8 Å². The molecule has 2 atom stereocenters. The normalized spacial score (nSPS) is 26.8. The molecule has 0 bridgehead atoms. The van der Waals surface area contributed by atoms with Crippen LogP contribution in [0.1, 0.15) is 32.7 Å². The highest BCUT2D eigenvalue weighted by Gasteiger charge is 2.27. The standard InChI is InChI=1S/C15H18N2O3/c1-9-5-12(6-10(2)20-9)17-15(19)14-4-3-13(18)7-11(14)8-16-17/h3-4,7-10,12,18H,5-6H2,1-2H3. The molecule has 0 saturated carbocycles. The predicted molar refractivity (Wildman–Crippen MR) is 75.9 cm³/mol. The van der Waals surface area contributed by atoms with Gasteiger partial charge in [-0.1, -0.05) is 0 Å². The van der Waals surface area contributed by atoms with Gasteiger partial charge in [0.1, 0.15) is 5.75 Å². The fraction of sp³-hybridized carbons (Fsp3) is 0.467. The minimum absolute atomic E-state index is 0.0689. The Bertz CT molecular complexity index is 685. The summed E-state index contributed by atoms with van der Waals surface area (Å²) < 4.78 is 7.27. The maximum absolute atomic E-state index is 12.5. The van der Waals surface area contributed by atoms with Crippen LogP contribution in [0.15, 0.2) is 29.2 Å². The van der Waals surface area contributed by atoms with Gasteiger partial charge in [-0.2, -0.15) is 5.10 Å². The van der Waals surface area contributed by atoms with Gasteiger partial charge in [0.15, 0.2) is 0 Å². The number of phenols is 1. The van der Waals surface area contributed by atoms with Gasteiger partial charge in [0.2, 0.25) is 0 Å². The number of phenolic OH excluding ortho intramolecular Hbond substituents is 1. The summed E-state index contributed by atoms with van der Waals surface area (Å²) in [7, 11) is 0. The van der Waals surface area contributed by atoms with E-state index in [4.69, 9.17) is 4.74 Å². The van der Waals surface area contributed by atoms with Gasteiger partial charge in [-0.3, -0.25) is 4.79 Å². The van der Waals surface area contributed by atoms with Crippen LogP contribution in [-0.4, -0.2) is 27.1 Å². The largest absolute Gasteiger partial charge is 0.508 e. The van der Waals surface area contributed by atoms with Gasteiger partial charge in [0, 0.05) is 5.39 Å². The second kappa shape index (κ2) is 4.90. The van der Waals surface area contributed by atoms with Crippen LogP contribution in [0.4, 0.5) is 0 Å². The molecule has 1 N–H and O–H groups in total. The molecule has 3 rings (SSSR count). The monoisotopic (exact) mass is 274 g/mol. The SMILES string of the molecule is CC1CC(n2ncc3cc(O)ccc3c2=O)CC(C)O1. The van der Waals surface area contributed by atoms with Gasteiger partial charge >= 0.3 is 0 Å². The van der Waals surface area contributed by atoms with Gasteiger partial charge in [0.05, 0.1) is 29.8 Å². The van der Waals surface area contributed by atoms with Crippen LogP contribution in [0.2, 0.25) is 0 Å². The summed E-state index contributed by atoms with van der Waals surface area (Å²) in [6.45, 7) is 4.04. The molecule has 1 aromatic carbocycles. The predicted octanol–water partition coefficient (Wildman–Crippen LogP) is 2.23. The Balaban J connectivity index is 2.06. The zero-order valence-corrected chi connectivity index (χ0v) is 11.6. The zero-order chi connectivity index (χ0) is 14.3. The van der Waals surface area contributed by atoms with E-state index >= 15 is 0 Å². The number of nitrogens with zero attached hydrogens (tertiary/aromatic N) is 2. The van der Waals surface area contributed by atoms with E-state index in [2.05, 4.69) is 5.10 Å². The number of rotatable bonds is 1. The van der Waals surface area contributed by atoms with Crippen molar-refractivity contribution in [1.29, 1.82) is 0 Å². The maximum atomic E-state index is 12.5. The number of hydrogen-bond donors (Lipinski definition) is 1. The van der Waals surface area contributed by atoms with E-state index in [-0.39, 0.29) is 29.6 Å². The molecule has 5 heteroatoms. The first kappa shape index (κ1) is 13.1. The average molecular weight is 274 g/mol. The van der Waals surface area contributed by atoms with Crippen molar-refractivity contribution < 1.29 is 9.84 Å². The maximum Gasteiger partial charge on any atom is 0.274 e. The first-order valence-corrected chi connectivity index (χ1v) is 6.90. The number of benzene rings is 1. The highest BCUT2D eigenvalue weighted by molar-refractivity contribution is 5.81. The molecular formula is C15H18N2O3. The minimum Gasteiger partial charge on any atom is -0.508 e. The van der Waals surface area contributed by atoms with Crippen molar-refractivity contribution in [2.24, 2.45) is 0 Å². The molecule has 1 aliphatic heterocycles. The highest BCUT2D eigenvalue weighted by atomic mass is 16.5. The quantitative estimate of drug-likeness (QED) is 0.866. The van der Waals surface area contributed by atoms with Crippen molar-refractivity contribution >= 4 is 10.8 Å². The Kier molecular flexibility index (Phi) is 3.22. The van der Waals surface area contributed by atoms with Crippen molar-refractivity contribution in [2.75, 3.05) is 0 Å². The minimum atomic E-state index is -0.103. The summed E-state index contributed by atoms with van der Waals surface area (Å²) in [6, 6.07) is 4.81. The summed E-state index contributed by atoms with van der Waals surface area (Å²) in [5.74, 6) is 0.143. The smallest absolute Gasteiger partial charge is 0.274 e. The third kappa shape index (κ3) is 2.29. The lowest BCUT2D eigenvalue weighted by Gasteiger charge is -2.32. The highest BCUT2D eigenvalue weighted by Crippen LogP contribution is 2.27. The third-order valence-corrected chi connectivity index (χ3v) is 3.81. The Morgan fingerprint density at radius 2 is 2.00 bits per heavy atom. The topological polar surface area (TPSA) is 64.3 Å². The molecular weight excluding hydrogens is 256 g/mol. The second-order valence-corrected chi connectivity index (χ2v) is 5.55. The molecule has 1 saturated heterocycles. The van der Waals surface area contributed by atoms with E-state index < -0.39 is 0 Å². The third-order valence-electron chi connectivity index (χ3n) is 3.81. The van der Waals surface area contributed by atoms with Crippen molar-refractivity contribution in [3.63, 3.8) is 0 Å². The Morgan fingerprint density at radius 3 is 2.70 bits per heavy atom. The first-order chi connectivity index (χ1) is 9.54. The lowest BCUT2D eigenvalue weighted by Crippen LogP contribution is -2.36. The van der Waals surface area contributed by atoms with Crippen LogP contribution in [0.3, 0.4) is 0 Å². The molecule has 0 aliphatic carbocycles. The Hall–Kier alpha value is -1.88. The van der Waals surface area contributed by atoms with E-state index in [1.165, 1.54) is 6.07 Å². The molecule has 1 aromatic heterocycles. The lowest BCUT2D eigenvalue weighted by molar-refractivity contribution is -0.0513. The lowest BCUT2D eigenvalue weighted by atomic mass is 10.00. The van der Waals surface area contributed by atoms with Crippen molar-refractivity contribution in [2.45, 2.75) is 44.9 Å². The molecule has 2 heterocycles. The van der Waals surface area contributed by atoms with E-state index in [1.807, 2.05) is 13.8 Å². The van der Waals surface area contributed by atoms with Gasteiger partial charge in [-0.15, -0.1) is 0 Å². The molecule has 106 valence electrons. The number of aromatic nitrogens is 2. The van der Waals surface area contributed by atoms with Crippen LogP contribution in [0, 0.1) is 0 Å². The fourth-order valence-corrected chi connectivity index (χ4v) is 2.98. The summed E-state index contributed by atoms with van der Waals surface area (Å²) in [5.41, 5.74) is -0.103. The summed E-state index contributed by atoms with van der Waals surface area (Å²) in [4.78, 5) is 12.5. The number of fused-ring (bicyclic) bond motifs is 1. The van der Waals surface area contributed by atoms with E-state index in [0.29, 0.717) is 10.8 Å². The van der Waals surface area contributed by atoms with Crippen molar-refractivity contribution in [3.8, 4) is 5.75 Å². The van der Waals surface area contributed by atoms with E-state index in [1.54, 1.807) is 23.0 Å². The van der Waals surface area contributed by atoms with Crippen LogP contribution in [0.25, 0.3) is 10.8 Å². The van der Waals surface area contributed by atoms with Crippen molar-refractivity contribution in [3.05, 3.63) is 34.7 Å². The Morgan fingerprint density at radius 1 is 1.30 bits per heavy atom. The molecule has 0 radical (unpaired) electrons. The summed E-state index contributed by atoms with van der Waals surface area (Å²) in [5, 5.41) is 15.0. The first-order valence-electron chi connectivity index (χ1n) is 6.90. The molecule has 1 fully saturated rings. The average Bonchev–Trinajstić information content (AvgIpc) is 2.37. The number of ether oxygens (including phenoxy) is 1. The second-order valence-electron chi connectivity index (χ2n) is 5.55. The van der Waals surface area contributed by atoms with Gasteiger partial charge < -0.3 is 9.84 Å². The van der Waals surface area contributed by atoms with Crippen LogP contribution >= 0.6 is 0 Å². The van der Waals surface area contributed by atoms with Crippen LogP contribution in [0.5, 0.6) is 5.75 Å². The van der Waals surface area contributed by atoms with Crippen molar-refractivity contribution in [1.82, 2.24) is 9.78 Å². The summed E-state index contributed by atoms with van der Waals surface area (Å²) in [6.07, 6.45) is 3.49.